The molecule has 0 amide bonds. The van der Waals surface area contributed by atoms with Gasteiger partial charge in [-0.25, -0.2) is 13.7 Å². The number of phosphoric acid groups is 3. The summed E-state index contributed by atoms with van der Waals surface area (Å²) in [6.07, 6.45) is 2.64. The predicted molar refractivity (Wildman–Crippen MR) is 110 cm³/mol. The van der Waals surface area contributed by atoms with Gasteiger partial charge in [0, 0.05) is 32.7 Å². The van der Waals surface area contributed by atoms with Crippen LogP contribution in [0.1, 0.15) is 20.3 Å². The van der Waals surface area contributed by atoms with Crippen molar-refractivity contribution in [3.05, 3.63) is 27.2 Å². The summed E-state index contributed by atoms with van der Waals surface area (Å²) < 4.78 is 50.6. The molecule has 15 nitrogen and oxygen atoms in total. The molecule has 5 atom stereocenters. The van der Waals surface area contributed by atoms with Gasteiger partial charge in [-0.1, -0.05) is 13.8 Å². The molecule has 32 heavy (non-hydrogen) atoms. The number of aromatic amines is 1. The van der Waals surface area contributed by atoms with Gasteiger partial charge in [0.2, 0.25) is 0 Å². The second kappa shape index (κ2) is 16.3. The molecule has 0 aliphatic carbocycles. The molecule has 0 spiro atoms. The SMILES string of the molecule is [B]N(CC)[C@H]1CC(C)[C@@H](COP(=O)(O)OP(=O)(O)OP(=O)(O)O)O1.[CH3-].[CH3-].[Y].c1cn[nH]n1. The molecule has 0 saturated carbocycles. The van der Waals surface area contributed by atoms with Crippen LogP contribution in [0.5, 0.6) is 0 Å². The van der Waals surface area contributed by atoms with Crippen LogP contribution in [0.15, 0.2) is 12.4 Å². The van der Waals surface area contributed by atoms with E-state index in [-0.39, 0.29) is 53.5 Å². The van der Waals surface area contributed by atoms with E-state index in [0.29, 0.717) is 13.0 Å². The van der Waals surface area contributed by atoms with E-state index in [2.05, 4.69) is 28.6 Å². The molecule has 1 fully saturated rings. The van der Waals surface area contributed by atoms with Crippen molar-refractivity contribution in [3.8, 4) is 0 Å². The Bertz CT molecular complexity index is 741. The molecule has 2 heterocycles. The average molecular weight is 597 g/mol. The zero-order valence-corrected chi connectivity index (χ0v) is 23.5. The van der Waals surface area contributed by atoms with Crippen LogP contribution in [-0.2, 0) is 64.3 Å². The maximum atomic E-state index is 11.6. The number of ether oxygens (including phenoxy) is 1. The van der Waals surface area contributed by atoms with Crippen LogP contribution in [0.2, 0.25) is 0 Å². The monoisotopic (exact) mass is 597 g/mol. The molecule has 0 bridgehead atoms. The van der Waals surface area contributed by atoms with E-state index in [4.69, 9.17) is 27.4 Å². The quantitative estimate of drug-likeness (QED) is 0.154. The molecule has 1 saturated heterocycles. The standard InChI is InChI=1S/C8H19BNO11P3.C2H3N3.2CH3.Y/c1-3-10(9)8-4-6(2)7(19-8)5-18-23(14,15)21-24(16,17)20-22(11,12)13;1-2-4-5-3-1;;;/h6-8H,3-5H2,1-2H3,(H,14,15)(H,16,17)(H2,11,12,13);1-2H,(H,3,4,5);2*1H3;/q;;2*-1;/t6?,7-,8-;;;;/m1..../s1. The number of hydrogen-bond acceptors (Lipinski definition) is 10. The van der Waals surface area contributed by atoms with E-state index < -0.39 is 42.4 Å². The zero-order valence-electron chi connectivity index (χ0n) is 18.0. The summed E-state index contributed by atoms with van der Waals surface area (Å²) >= 11 is 0. The molecule has 1 aromatic rings. The summed E-state index contributed by atoms with van der Waals surface area (Å²) in [4.78, 5) is 36.7. The van der Waals surface area contributed by atoms with Crippen molar-refractivity contribution in [2.45, 2.75) is 32.6 Å². The average Bonchev–Trinajstić information content (AvgIpc) is 3.22. The number of H-pyrrole nitrogens is 1. The van der Waals surface area contributed by atoms with Crippen molar-refractivity contribution < 1.29 is 83.9 Å². The molecule has 3 unspecified atom stereocenters. The summed E-state index contributed by atoms with van der Waals surface area (Å²) in [5, 5.41) is 9.33. The van der Waals surface area contributed by atoms with Crippen molar-refractivity contribution in [1.29, 1.82) is 0 Å². The van der Waals surface area contributed by atoms with Gasteiger partial charge in [0.15, 0.2) is 7.98 Å². The number of nitrogens with zero attached hydrogens (tertiary/aromatic N) is 3. The molecule has 1 aliphatic rings. The third-order valence-electron chi connectivity index (χ3n) is 3.42. The van der Waals surface area contributed by atoms with Gasteiger partial charge in [0.05, 0.1) is 25.1 Å². The van der Waals surface area contributed by atoms with E-state index in [1.165, 1.54) is 4.81 Å². The summed E-state index contributed by atoms with van der Waals surface area (Å²) in [6.45, 7) is 3.64. The summed E-state index contributed by atoms with van der Waals surface area (Å²) in [7, 11) is -10.4. The van der Waals surface area contributed by atoms with Crippen LogP contribution < -0.4 is 0 Å². The van der Waals surface area contributed by atoms with Gasteiger partial charge < -0.3 is 44.0 Å². The van der Waals surface area contributed by atoms with Crippen LogP contribution in [0.3, 0.4) is 0 Å². The van der Waals surface area contributed by atoms with E-state index in [9.17, 15) is 18.6 Å². The van der Waals surface area contributed by atoms with Crippen molar-refractivity contribution in [2.24, 2.45) is 5.92 Å². The number of hydrogen-bond donors (Lipinski definition) is 5. The molecular weight excluding hydrogens is 569 g/mol. The maximum Gasteiger partial charge on any atom is 0.490 e. The van der Waals surface area contributed by atoms with Crippen molar-refractivity contribution >= 4 is 31.4 Å². The Balaban J connectivity index is -0.000000924. The van der Waals surface area contributed by atoms with Gasteiger partial charge in [-0.2, -0.15) is 24.0 Å². The number of phosphoric ester groups is 1. The Morgan fingerprint density at radius 1 is 1.12 bits per heavy atom. The molecule has 2 rings (SSSR count). The van der Waals surface area contributed by atoms with Crippen LogP contribution in [0.25, 0.3) is 0 Å². The molecule has 1 aromatic heterocycles. The number of aromatic nitrogens is 3. The van der Waals surface area contributed by atoms with Crippen LogP contribution in [-0.4, -0.2) is 73.3 Å². The minimum Gasteiger partial charge on any atom is -0.358 e. The van der Waals surface area contributed by atoms with Crippen molar-refractivity contribution in [2.75, 3.05) is 13.2 Å². The Hall–Kier alpha value is 0.639. The van der Waals surface area contributed by atoms with Crippen molar-refractivity contribution in [1.82, 2.24) is 20.2 Å². The summed E-state index contributed by atoms with van der Waals surface area (Å²) in [5.41, 5.74) is 0. The maximum absolute atomic E-state index is 11.6. The van der Waals surface area contributed by atoms with E-state index in [0.717, 1.165) is 0 Å². The Morgan fingerprint density at radius 2 is 1.66 bits per heavy atom. The summed E-state index contributed by atoms with van der Waals surface area (Å²) in [5.74, 6) is -0.0973. The topological polar surface area (TPSA) is 214 Å². The molecule has 5 N–H and O–H groups in total. The third-order valence-corrected chi connectivity index (χ3v) is 7.23. The van der Waals surface area contributed by atoms with Gasteiger partial charge in [-0.05, 0) is 18.9 Å². The second-order valence-corrected chi connectivity index (χ2v) is 10.1. The largest absolute Gasteiger partial charge is 0.490 e. The van der Waals surface area contributed by atoms with E-state index in [1.807, 2.05) is 6.92 Å². The first-order chi connectivity index (χ1) is 13.2. The smallest absolute Gasteiger partial charge is 0.358 e. The Kier molecular flexibility index (Phi) is 19.0. The Labute approximate surface area is 213 Å². The van der Waals surface area contributed by atoms with Gasteiger partial charge in [0.25, 0.3) is 0 Å². The van der Waals surface area contributed by atoms with Crippen molar-refractivity contribution in [3.63, 3.8) is 0 Å². The summed E-state index contributed by atoms with van der Waals surface area (Å²) in [6, 6.07) is 0. The van der Waals surface area contributed by atoms with Crippen LogP contribution in [0, 0.1) is 20.8 Å². The molecule has 185 valence electrons. The molecule has 0 aromatic carbocycles. The van der Waals surface area contributed by atoms with Gasteiger partial charge in [-0.3, -0.25) is 4.52 Å². The second-order valence-electron chi connectivity index (χ2n) is 5.72. The fourth-order valence-electron chi connectivity index (χ4n) is 2.12. The zero-order chi connectivity index (χ0) is 22.3. The first-order valence-electron chi connectivity index (χ1n) is 7.99. The first-order valence-corrected chi connectivity index (χ1v) is 12.5. The van der Waals surface area contributed by atoms with Crippen LogP contribution in [0.4, 0.5) is 0 Å². The fraction of sp³-hybridized carbons (Fsp3) is 0.667. The third kappa shape index (κ3) is 15.5. The van der Waals surface area contributed by atoms with Gasteiger partial charge in [-0.15, -0.1) is 0 Å². The molecule has 3 radical (unpaired) electrons. The number of nitrogens with one attached hydrogen (secondary N) is 1. The van der Waals surface area contributed by atoms with E-state index >= 15 is 0 Å². The normalized spacial score (nSPS) is 23.9. The predicted octanol–water partition coefficient (Wildman–Crippen LogP) is 1.19. The molecule has 1 aliphatic heterocycles. The van der Waals surface area contributed by atoms with Crippen LogP contribution >= 0.6 is 23.5 Å². The van der Waals surface area contributed by atoms with Gasteiger partial charge in [0.1, 0.15) is 6.23 Å². The fourth-order valence-corrected chi connectivity index (χ4v) is 5.15. The van der Waals surface area contributed by atoms with Gasteiger partial charge >= 0.3 is 23.5 Å². The Morgan fingerprint density at radius 3 is 2.06 bits per heavy atom. The first kappa shape index (κ1) is 37.2. The van der Waals surface area contributed by atoms with E-state index in [1.54, 1.807) is 19.3 Å². The molecule has 20 heteroatoms. The minimum atomic E-state index is -5.52. The number of rotatable bonds is 9. The molecular formula is C12H28BN4O11P3Y-2. The minimum absolute atomic E-state index is 0.